The summed E-state index contributed by atoms with van der Waals surface area (Å²) < 4.78 is 2.18. The van der Waals surface area contributed by atoms with Crippen molar-refractivity contribution in [2.45, 2.75) is 27.2 Å². The normalized spacial score (nSPS) is 12.9. The second kappa shape index (κ2) is 6.03. The molecule has 0 bridgehead atoms. The summed E-state index contributed by atoms with van der Waals surface area (Å²) in [5.74, 6) is 0.622. The van der Waals surface area contributed by atoms with Gasteiger partial charge in [-0.15, -0.1) is 0 Å². The fourth-order valence-electron chi connectivity index (χ4n) is 4.75. The van der Waals surface area contributed by atoms with Crippen molar-refractivity contribution in [2.24, 2.45) is 13.0 Å². The second-order valence-corrected chi connectivity index (χ2v) is 8.49. The second-order valence-electron chi connectivity index (χ2n) is 8.49. The number of aromatic nitrogens is 2. The van der Waals surface area contributed by atoms with Gasteiger partial charge in [0.25, 0.3) is 6.33 Å². The lowest BCUT2D eigenvalue weighted by molar-refractivity contribution is -0.662. The Labute approximate surface area is 166 Å². The van der Waals surface area contributed by atoms with E-state index in [0.717, 1.165) is 11.9 Å². The molecule has 0 spiro atoms. The first-order valence-corrected chi connectivity index (χ1v) is 10.0. The fourth-order valence-corrected chi connectivity index (χ4v) is 4.75. The minimum absolute atomic E-state index is 0.622. The summed E-state index contributed by atoms with van der Waals surface area (Å²) in [4.78, 5) is 7.14. The highest BCUT2D eigenvalue weighted by atomic mass is 15.1. The molecule has 0 saturated carbocycles. The van der Waals surface area contributed by atoms with Crippen LogP contribution in [-0.2, 0) is 13.5 Å². The van der Waals surface area contributed by atoms with E-state index in [9.17, 15) is 0 Å². The fraction of sp³-hybridized carbons (Fsp3) is 0.280. The zero-order valence-electron chi connectivity index (χ0n) is 17.2. The molecule has 28 heavy (non-hydrogen) atoms. The molecule has 4 aromatic rings. The third-order valence-corrected chi connectivity index (χ3v) is 6.01. The van der Waals surface area contributed by atoms with Gasteiger partial charge in [-0.2, -0.15) is 0 Å². The maximum Gasteiger partial charge on any atom is 0.287 e. The van der Waals surface area contributed by atoms with Crippen molar-refractivity contribution in [3.05, 3.63) is 59.9 Å². The average Bonchev–Trinajstić information content (AvgIpc) is 2.67. The van der Waals surface area contributed by atoms with E-state index in [1.807, 2.05) is 6.33 Å². The van der Waals surface area contributed by atoms with E-state index < -0.39 is 0 Å². The number of benzene rings is 3. The Hall–Kier alpha value is -2.94. The van der Waals surface area contributed by atoms with E-state index in [4.69, 9.17) is 4.98 Å². The van der Waals surface area contributed by atoms with Crippen LogP contribution in [0.1, 0.15) is 25.0 Å². The van der Waals surface area contributed by atoms with Gasteiger partial charge in [0.05, 0.1) is 23.8 Å². The van der Waals surface area contributed by atoms with Crippen LogP contribution in [0.3, 0.4) is 0 Å². The van der Waals surface area contributed by atoms with Crippen LogP contribution in [0, 0.1) is 12.8 Å². The van der Waals surface area contributed by atoms with Gasteiger partial charge < -0.3 is 4.90 Å². The molecule has 1 aliphatic heterocycles. The maximum absolute atomic E-state index is 4.79. The molecule has 5 rings (SSSR count). The smallest absolute Gasteiger partial charge is 0.287 e. The van der Waals surface area contributed by atoms with Gasteiger partial charge in [0.1, 0.15) is 5.69 Å². The largest absolute Gasteiger partial charge is 0.343 e. The molecule has 2 heterocycles. The Kier molecular flexibility index (Phi) is 3.70. The molecule has 1 aromatic heterocycles. The zero-order chi connectivity index (χ0) is 19.6. The highest BCUT2D eigenvalue weighted by Gasteiger charge is 2.31. The standard InChI is InChI=1S/C25H26N3/c1-15(2)10-17-11-20-24-21(12-17)28(5)22-13-18-8-6-7-9-19(18)16(3)23(22)25(24)27(4)14-26-20/h6-9,11-15H,10H2,1-5H3/q+1. The van der Waals surface area contributed by atoms with Gasteiger partial charge in [-0.3, -0.25) is 0 Å². The number of hydrogen-bond acceptors (Lipinski definition) is 2. The lowest BCUT2D eigenvalue weighted by Crippen LogP contribution is -2.34. The summed E-state index contributed by atoms with van der Waals surface area (Å²) in [6.07, 6.45) is 3.03. The first-order valence-electron chi connectivity index (χ1n) is 10.0. The van der Waals surface area contributed by atoms with E-state index in [1.54, 1.807) is 0 Å². The van der Waals surface area contributed by atoms with E-state index in [2.05, 4.69) is 86.8 Å². The summed E-state index contributed by atoms with van der Waals surface area (Å²) >= 11 is 0. The van der Waals surface area contributed by atoms with Crippen molar-refractivity contribution in [3.63, 3.8) is 0 Å². The first-order chi connectivity index (χ1) is 13.5. The van der Waals surface area contributed by atoms with Crippen LogP contribution < -0.4 is 9.47 Å². The summed E-state index contributed by atoms with van der Waals surface area (Å²) in [7, 11) is 4.30. The van der Waals surface area contributed by atoms with Gasteiger partial charge in [0.15, 0.2) is 5.52 Å². The van der Waals surface area contributed by atoms with Crippen molar-refractivity contribution >= 4 is 33.1 Å². The summed E-state index contributed by atoms with van der Waals surface area (Å²) in [5.41, 5.74) is 8.90. The van der Waals surface area contributed by atoms with Crippen LogP contribution in [-0.4, -0.2) is 12.0 Å². The highest BCUT2D eigenvalue weighted by molar-refractivity contribution is 6.12. The molecule has 0 amide bonds. The SMILES string of the molecule is Cc1c2c(cc3ccccc13)N(C)c1cc(CC(C)C)cc3nc[n+](C)c-2c13. The Morgan fingerprint density at radius 3 is 2.64 bits per heavy atom. The van der Waals surface area contributed by atoms with Crippen molar-refractivity contribution in [3.8, 4) is 11.3 Å². The van der Waals surface area contributed by atoms with Crippen LogP contribution >= 0.6 is 0 Å². The lowest BCUT2D eigenvalue weighted by Gasteiger charge is -2.31. The van der Waals surface area contributed by atoms with Crippen LogP contribution in [0.25, 0.3) is 32.9 Å². The van der Waals surface area contributed by atoms with Crippen molar-refractivity contribution in [1.82, 2.24) is 4.98 Å². The molecule has 140 valence electrons. The lowest BCUT2D eigenvalue weighted by atomic mass is 9.89. The molecular weight excluding hydrogens is 342 g/mol. The molecule has 0 N–H and O–H groups in total. The number of anilines is 2. The number of fused-ring (bicyclic) bond motifs is 3. The number of aryl methyl sites for hydroxylation is 2. The molecule has 3 aromatic carbocycles. The molecule has 0 fully saturated rings. The van der Waals surface area contributed by atoms with Crippen LogP contribution in [0.15, 0.2) is 48.8 Å². The summed E-state index contributed by atoms with van der Waals surface area (Å²) in [6, 6.07) is 15.7. The Morgan fingerprint density at radius 2 is 1.86 bits per heavy atom. The highest BCUT2D eigenvalue weighted by Crippen LogP contribution is 2.48. The predicted octanol–water partition coefficient (Wildman–Crippen LogP) is 5.47. The van der Waals surface area contributed by atoms with Crippen molar-refractivity contribution in [1.29, 1.82) is 0 Å². The van der Waals surface area contributed by atoms with Crippen LogP contribution in [0.4, 0.5) is 11.4 Å². The Balaban J connectivity index is 1.92. The monoisotopic (exact) mass is 368 g/mol. The molecular formula is C25H26N3+. The van der Waals surface area contributed by atoms with Crippen molar-refractivity contribution < 1.29 is 4.57 Å². The first kappa shape index (κ1) is 17.2. The molecule has 0 atom stereocenters. The summed E-state index contributed by atoms with van der Waals surface area (Å²) in [6.45, 7) is 6.79. The molecule has 0 unspecified atom stereocenters. The molecule has 3 heteroatoms. The van der Waals surface area contributed by atoms with Gasteiger partial charge >= 0.3 is 0 Å². The number of nitrogens with zero attached hydrogens (tertiary/aromatic N) is 3. The molecule has 0 radical (unpaired) electrons. The Bertz CT molecular complexity index is 1250. The molecule has 0 saturated heterocycles. The minimum atomic E-state index is 0.622. The topological polar surface area (TPSA) is 20.0 Å². The maximum atomic E-state index is 4.79. The van der Waals surface area contributed by atoms with Gasteiger partial charge in [-0.1, -0.05) is 38.1 Å². The van der Waals surface area contributed by atoms with Gasteiger partial charge in [-0.05, 0) is 64.3 Å². The van der Waals surface area contributed by atoms with Gasteiger partial charge in [0.2, 0.25) is 0 Å². The predicted molar refractivity (Wildman–Crippen MR) is 117 cm³/mol. The quantitative estimate of drug-likeness (QED) is 0.437. The van der Waals surface area contributed by atoms with E-state index in [0.29, 0.717) is 5.92 Å². The molecule has 0 aliphatic carbocycles. The Morgan fingerprint density at radius 1 is 1.07 bits per heavy atom. The third-order valence-electron chi connectivity index (χ3n) is 6.01. The molecule has 3 nitrogen and oxygen atoms in total. The van der Waals surface area contributed by atoms with Gasteiger partial charge in [-0.25, -0.2) is 4.57 Å². The van der Waals surface area contributed by atoms with E-state index in [1.165, 1.54) is 49.9 Å². The van der Waals surface area contributed by atoms with Gasteiger partial charge in [0, 0.05) is 12.6 Å². The van der Waals surface area contributed by atoms with Crippen molar-refractivity contribution in [2.75, 3.05) is 11.9 Å². The molecule has 1 aliphatic rings. The number of rotatable bonds is 2. The van der Waals surface area contributed by atoms with Crippen LogP contribution in [0.2, 0.25) is 0 Å². The third kappa shape index (κ3) is 2.35. The average molecular weight is 369 g/mol. The number of hydrogen-bond donors (Lipinski definition) is 0. The minimum Gasteiger partial charge on any atom is -0.343 e. The zero-order valence-corrected chi connectivity index (χ0v) is 17.2. The van der Waals surface area contributed by atoms with E-state index in [-0.39, 0.29) is 0 Å². The summed E-state index contributed by atoms with van der Waals surface area (Å²) in [5, 5.41) is 3.87. The van der Waals surface area contributed by atoms with Crippen LogP contribution in [0.5, 0.6) is 0 Å². The van der Waals surface area contributed by atoms with E-state index >= 15 is 0 Å².